The fourth-order valence-corrected chi connectivity index (χ4v) is 2.53. The van der Waals surface area contributed by atoms with Gasteiger partial charge in [-0.15, -0.1) is 0 Å². The lowest BCUT2D eigenvalue weighted by Crippen LogP contribution is -2.43. The van der Waals surface area contributed by atoms with Crippen LogP contribution in [0.25, 0.3) is 0 Å². The van der Waals surface area contributed by atoms with Crippen molar-refractivity contribution >= 4 is 5.91 Å². The summed E-state index contributed by atoms with van der Waals surface area (Å²) < 4.78 is 1.72. The van der Waals surface area contributed by atoms with Crippen LogP contribution in [-0.2, 0) is 4.79 Å². The third-order valence-corrected chi connectivity index (χ3v) is 3.70. The van der Waals surface area contributed by atoms with Crippen LogP contribution in [0.3, 0.4) is 0 Å². The van der Waals surface area contributed by atoms with Crippen molar-refractivity contribution in [2.75, 3.05) is 26.7 Å². The molecule has 1 aliphatic heterocycles. The highest BCUT2D eigenvalue weighted by Gasteiger charge is 2.26. The van der Waals surface area contributed by atoms with Crippen molar-refractivity contribution in [2.45, 2.75) is 25.8 Å². The molecule has 1 atom stereocenters. The molecule has 100 valence electrons. The van der Waals surface area contributed by atoms with Crippen LogP contribution in [0.1, 0.15) is 25.8 Å². The van der Waals surface area contributed by atoms with Gasteiger partial charge in [-0.2, -0.15) is 5.10 Å². The maximum absolute atomic E-state index is 12.3. The largest absolute Gasteiger partial charge is 0.341 e. The van der Waals surface area contributed by atoms with Crippen molar-refractivity contribution in [3.05, 3.63) is 18.5 Å². The van der Waals surface area contributed by atoms with Crippen molar-refractivity contribution in [2.24, 2.45) is 5.92 Å². The standard InChI is InChI=1S/C13H22N4O/c1-11(17-7-3-6-15-17)13(18)16-8-4-12(5-9-16)10-14-2/h3,6-7,11-12,14H,4-5,8-10H2,1-2H3. The molecule has 0 aliphatic carbocycles. The lowest BCUT2D eigenvalue weighted by atomic mass is 9.96. The molecular formula is C13H22N4O. The second-order valence-electron chi connectivity index (χ2n) is 4.99. The van der Waals surface area contributed by atoms with Crippen LogP contribution in [0, 0.1) is 5.92 Å². The summed E-state index contributed by atoms with van der Waals surface area (Å²) in [5, 5.41) is 7.34. The zero-order chi connectivity index (χ0) is 13.0. The third kappa shape index (κ3) is 2.90. The van der Waals surface area contributed by atoms with Crippen molar-refractivity contribution < 1.29 is 4.79 Å². The fraction of sp³-hybridized carbons (Fsp3) is 0.692. The summed E-state index contributed by atoms with van der Waals surface area (Å²) in [7, 11) is 1.98. The summed E-state index contributed by atoms with van der Waals surface area (Å²) in [5.41, 5.74) is 0. The van der Waals surface area contributed by atoms with Crippen LogP contribution < -0.4 is 5.32 Å². The Morgan fingerprint density at radius 1 is 1.50 bits per heavy atom. The number of hydrogen-bond acceptors (Lipinski definition) is 3. The lowest BCUT2D eigenvalue weighted by Gasteiger charge is -2.33. The summed E-state index contributed by atoms with van der Waals surface area (Å²) in [6, 6.07) is 1.66. The van der Waals surface area contributed by atoms with E-state index in [1.165, 1.54) is 0 Å². The van der Waals surface area contributed by atoms with Gasteiger partial charge in [0.2, 0.25) is 5.91 Å². The van der Waals surface area contributed by atoms with Gasteiger partial charge < -0.3 is 10.2 Å². The molecule has 1 N–H and O–H groups in total. The Balaban J connectivity index is 1.87. The molecule has 0 bridgehead atoms. The van der Waals surface area contributed by atoms with E-state index in [0.29, 0.717) is 5.92 Å². The van der Waals surface area contributed by atoms with E-state index in [4.69, 9.17) is 0 Å². The quantitative estimate of drug-likeness (QED) is 0.864. The van der Waals surface area contributed by atoms with Gasteiger partial charge in [0.15, 0.2) is 0 Å². The molecule has 0 radical (unpaired) electrons. The summed E-state index contributed by atoms with van der Waals surface area (Å²) in [6.07, 6.45) is 5.75. The van der Waals surface area contributed by atoms with Gasteiger partial charge in [-0.1, -0.05) is 0 Å². The Labute approximate surface area is 108 Å². The average molecular weight is 250 g/mol. The zero-order valence-electron chi connectivity index (χ0n) is 11.2. The highest BCUT2D eigenvalue weighted by atomic mass is 16.2. The number of likely N-dealkylation sites (tertiary alicyclic amines) is 1. The van der Waals surface area contributed by atoms with Crippen LogP contribution in [0.5, 0.6) is 0 Å². The minimum Gasteiger partial charge on any atom is -0.341 e. The summed E-state index contributed by atoms with van der Waals surface area (Å²) in [4.78, 5) is 14.3. The third-order valence-electron chi connectivity index (χ3n) is 3.70. The van der Waals surface area contributed by atoms with E-state index in [9.17, 15) is 4.79 Å². The smallest absolute Gasteiger partial charge is 0.247 e. The van der Waals surface area contributed by atoms with Crippen LogP contribution >= 0.6 is 0 Å². The van der Waals surface area contributed by atoms with Crippen LogP contribution in [-0.4, -0.2) is 47.3 Å². The van der Waals surface area contributed by atoms with Gasteiger partial charge in [0, 0.05) is 25.5 Å². The van der Waals surface area contributed by atoms with E-state index in [2.05, 4.69) is 10.4 Å². The van der Waals surface area contributed by atoms with E-state index in [1.54, 1.807) is 10.9 Å². The van der Waals surface area contributed by atoms with Gasteiger partial charge in [-0.05, 0) is 45.3 Å². The molecule has 1 unspecified atom stereocenters. The molecule has 5 nitrogen and oxygen atoms in total. The minimum absolute atomic E-state index is 0.182. The predicted octanol–water partition coefficient (Wildman–Crippen LogP) is 0.902. The van der Waals surface area contributed by atoms with Gasteiger partial charge in [0.05, 0.1) is 0 Å². The summed E-state index contributed by atoms with van der Waals surface area (Å²) in [6.45, 7) is 4.71. The van der Waals surface area contributed by atoms with Gasteiger partial charge >= 0.3 is 0 Å². The van der Waals surface area contributed by atoms with Crippen LogP contribution in [0.2, 0.25) is 0 Å². The fourth-order valence-electron chi connectivity index (χ4n) is 2.53. The van der Waals surface area contributed by atoms with E-state index in [1.807, 2.05) is 31.1 Å². The minimum atomic E-state index is -0.194. The number of hydrogen-bond donors (Lipinski definition) is 1. The van der Waals surface area contributed by atoms with Gasteiger partial charge in [0.25, 0.3) is 0 Å². The Morgan fingerprint density at radius 2 is 2.22 bits per heavy atom. The molecular weight excluding hydrogens is 228 g/mol. The molecule has 18 heavy (non-hydrogen) atoms. The van der Waals surface area contributed by atoms with Crippen LogP contribution in [0.4, 0.5) is 0 Å². The SMILES string of the molecule is CNCC1CCN(C(=O)C(C)n2cccn2)CC1. The maximum Gasteiger partial charge on any atom is 0.247 e. The Kier molecular flexibility index (Phi) is 4.36. The Hall–Kier alpha value is -1.36. The molecule has 1 aromatic heterocycles. The first kappa shape index (κ1) is 13.1. The number of rotatable bonds is 4. The van der Waals surface area contributed by atoms with E-state index >= 15 is 0 Å². The lowest BCUT2D eigenvalue weighted by molar-refractivity contribution is -0.136. The highest BCUT2D eigenvalue weighted by Crippen LogP contribution is 2.19. The molecule has 1 amide bonds. The second kappa shape index (κ2) is 6.00. The molecule has 1 fully saturated rings. The van der Waals surface area contributed by atoms with Gasteiger partial charge in [0.1, 0.15) is 6.04 Å². The Bertz CT molecular complexity index is 368. The first-order valence-electron chi connectivity index (χ1n) is 6.65. The average Bonchev–Trinajstić information content (AvgIpc) is 2.92. The number of nitrogens with zero attached hydrogens (tertiary/aromatic N) is 3. The Morgan fingerprint density at radius 3 is 2.78 bits per heavy atom. The van der Waals surface area contributed by atoms with E-state index in [-0.39, 0.29) is 11.9 Å². The zero-order valence-corrected chi connectivity index (χ0v) is 11.2. The first-order valence-corrected chi connectivity index (χ1v) is 6.65. The summed E-state index contributed by atoms with van der Waals surface area (Å²) in [5.74, 6) is 0.890. The van der Waals surface area contributed by atoms with Crippen molar-refractivity contribution in [1.82, 2.24) is 20.0 Å². The molecule has 1 saturated heterocycles. The normalized spacial score (nSPS) is 18.9. The number of carbonyl (C=O) groups excluding carboxylic acids is 1. The molecule has 2 heterocycles. The van der Waals surface area contributed by atoms with E-state index in [0.717, 1.165) is 32.5 Å². The maximum atomic E-state index is 12.3. The van der Waals surface area contributed by atoms with Crippen LogP contribution in [0.15, 0.2) is 18.5 Å². The number of aromatic nitrogens is 2. The number of amides is 1. The van der Waals surface area contributed by atoms with Crippen molar-refractivity contribution in [1.29, 1.82) is 0 Å². The highest BCUT2D eigenvalue weighted by molar-refractivity contribution is 5.80. The predicted molar refractivity (Wildman–Crippen MR) is 70.2 cm³/mol. The monoisotopic (exact) mass is 250 g/mol. The van der Waals surface area contributed by atoms with Crippen molar-refractivity contribution in [3.8, 4) is 0 Å². The van der Waals surface area contributed by atoms with E-state index < -0.39 is 0 Å². The number of carbonyl (C=O) groups is 1. The number of nitrogens with one attached hydrogen (secondary N) is 1. The molecule has 1 aromatic rings. The van der Waals surface area contributed by atoms with Crippen molar-refractivity contribution in [3.63, 3.8) is 0 Å². The molecule has 1 aliphatic rings. The summed E-state index contributed by atoms with van der Waals surface area (Å²) >= 11 is 0. The van der Waals surface area contributed by atoms with Gasteiger partial charge in [-0.3, -0.25) is 9.48 Å². The molecule has 0 spiro atoms. The first-order chi connectivity index (χ1) is 8.72. The molecule has 5 heteroatoms. The molecule has 0 saturated carbocycles. The number of piperidine rings is 1. The van der Waals surface area contributed by atoms with Gasteiger partial charge in [-0.25, -0.2) is 0 Å². The topological polar surface area (TPSA) is 50.2 Å². The molecule has 2 rings (SSSR count). The second-order valence-corrected chi connectivity index (χ2v) is 4.99. The molecule has 0 aromatic carbocycles.